The fourth-order valence-electron chi connectivity index (χ4n) is 2.48. The Balaban J connectivity index is 1.58. The number of benzene rings is 1. The summed E-state index contributed by atoms with van der Waals surface area (Å²) in [6, 6.07) is 6.11. The van der Waals surface area contributed by atoms with Gasteiger partial charge in [-0.3, -0.25) is 4.99 Å². The van der Waals surface area contributed by atoms with E-state index in [1.807, 2.05) is 0 Å². The van der Waals surface area contributed by atoms with Crippen LogP contribution < -0.4 is 15.4 Å². The Kier molecular flexibility index (Phi) is 8.38. The third-order valence-corrected chi connectivity index (χ3v) is 3.77. The van der Waals surface area contributed by atoms with E-state index in [1.54, 1.807) is 12.1 Å². The van der Waals surface area contributed by atoms with Crippen LogP contribution in [0.4, 0.5) is 4.39 Å². The normalized spacial score (nSPS) is 17.8. The molecule has 1 unspecified atom stereocenters. The highest BCUT2D eigenvalue weighted by Crippen LogP contribution is 2.12. The summed E-state index contributed by atoms with van der Waals surface area (Å²) in [5.41, 5.74) is 0. The second kappa shape index (κ2) is 10.9. The van der Waals surface area contributed by atoms with E-state index in [9.17, 15) is 4.39 Å². The standard InChI is InChI=1S/C18H28FN3O2/c1-2-20-18(22-14-17-6-5-13-24-17)21-11-3-4-12-23-16-9-7-15(19)8-10-16/h7-10,17H,2-6,11-14H2,1H3,(H2,20,21,22). The Morgan fingerprint density at radius 1 is 1.29 bits per heavy atom. The number of ether oxygens (including phenoxy) is 2. The minimum atomic E-state index is -0.246. The lowest BCUT2D eigenvalue weighted by Crippen LogP contribution is -2.38. The average molecular weight is 337 g/mol. The van der Waals surface area contributed by atoms with Crippen LogP contribution in [0, 0.1) is 5.82 Å². The molecule has 134 valence electrons. The summed E-state index contributed by atoms with van der Waals surface area (Å²) in [7, 11) is 0. The Morgan fingerprint density at radius 2 is 2.12 bits per heavy atom. The lowest BCUT2D eigenvalue weighted by Gasteiger charge is -2.13. The molecular formula is C18H28FN3O2. The van der Waals surface area contributed by atoms with Crippen LogP contribution in [0.1, 0.15) is 32.6 Å². The van der Waals surface area contributed by atoms with E-state index in [2.05, 4.69) is 22.5 Å². The summed E-state index contributed by atoms with van der Waals surface area (Å²) in [6.07, 6.45) is 4.41. The maximum absolute atomic E-state index is 12.8. The van der Waals surface area contributed by atoms with Gasteiger partial charge in [-0.05, 0) is 56.9 Å². The van der Waals surface area contributed by atoms with Gasteiger partial charge in [0.2, 0.25) is 0 Å². The maximum Gasteiger partial charge on any atom is 0.191 e. The number of aliphatic imine (C=N–C) groups is 1. The summed E-state index contributed by atoms with van der Waals surface area (Å²) in [5, 5.41) is 6.57. The van der Waals surface area contributed by atoms with Gasteiger partial charge in [0.25, 0.3) is 0 Å². The molecule has 0 saturated carbocycles. The molecule has 1 heterocycles. The highest BCUT2D eigenvalue weighted by Gasteiger charge is 2.14. The number of guanidine groups is 1. The molecular weight excluding hydrogens is 309 g/mol. The number of nitrogens with zero attached hydrogens (tertiary/aromatic N) is 1. The lowest BCUT2D eigenvalue weighted by molar-refractivity contribution is 0.117. The Morgan fingerprint density at radius 3 is 2.83 bits per heavy atom. The monoisotopic (exact) mass is 337 g/mol. The second-order valence-electron chi connectivity index (χ2n) is 5.79. The first-order chi connectivity index (χ1) is 11.8. The number of hydrogen-bond donors (Lipinski definition) is 2. The van der Waals surface area contributed by atoms with Gasteiger partial charge in [-0.25, -0.2) is 4.39 Å². The zero-order chi connectivity index (χ0) is 17.0. The zero-order valence-corrected chi connectivity index (χ0v) is 14.4. The Bertz CT molecular complexity index is 488. The topological polar surface area (TPSA) is 54.9 Å². The number of halogens is 1. The smallest absolute Gasteiger partial charge is 0.191 e. The van der Waals surface area contributed by atoms with Crippen molar-refractivity contribution in [3.05, 3.63) is 30.1 Å². The number of hydrogen-bond acceptors (Lipinski definition) is 3. The van der Waals surface area contributed by atoms with Crippen molar-refractivity contribution in [2.75, 3.05) is 32.8 Å². The fraction of sp³-hybridized carbons (Fsp3) is 0.611. The maximum atomic E-state index is 12.8. The fourth-order valence-corrected chi connectivity index (χ4v) is 2.48. The van der Waals surface area contributed by atoms with Gasteiger partial charge in [-0.1, -0.05) is 0 Å². The van der Waals surface area contributed by atoms with E-state index < -0.39 is 0 Å². The van der Waals surface area contributed by atoms with Crippen molar-refractivity contribution < 1.29 is 13.9 Å². The third-order valence-electron chi connectivity index (χ3n) is 3.77. The van der Waals surface area contributed by atoms with Gasteiger partial charge in [-0.2, -0.15) is 0 Å². The van der Waals surface area contributed by atoms with E-state index in [4.69, 9.17) is 9.47 Å². The predicted molar refractivity (Wildman–Crippen MR) is 94.1 cm³/mol. The van der Waals surface area contributed by atoms with Crippen LogP contribution in [0.15, 0.2) is 29.3 Å². The Hall–Kier alpha value is -1.82. The summed E-state index contributed by atoms with van der Waals surface area (Å²) in [5.74, 6) is 1.30. The third kappa shape index (κ3) is 7.17. The zero-order valence-electron chi connectivity index (χ0n) is 14.4. The Labute approximate surface area is 143 Å². The van der Waals surface area contributed by atoms with E-state index in [-0.39, 0.29) is 11.9 Å². The molecule has 1 saturated heterocycles. The molecule has 5 nitrogen and oxygen atoms in total. The highest BCUT2D eigenvalue weighted by molar-refractivity contribution is 5.79. The van der Waals surface area contributed by atoms with Crippen molar-refractivity contribution in [1.29, 1.82) is 0 Å². The van der Waals surface area contributed by atoms with E-state index >= 15 is 0 Å². The number of unbranched alkanes of at least 4 members (excludes halogenated alkanes) is 1. The van der Waals surface area contributed by atoms with Crippen LogP contribution in [0.3, 0.4) is 0 Å². The van der Waals surface area contributed by atoms with Gasteiger partial charge in [0.15, 0.2) is 5.96 Å². The quantitative estimate of drug-likeness (QED) is 0.413. The van der Waals surface area contributed by atoms with E-state index in [1.165, 1.54) is 12.1 Å². The van der Waals surface area contributed by atoms with Crippen molar-refractivity contribution in [2.24, 2.45) is 4.99 Å². The minimum absolute atomic E-state index is 0.246. The summed E-state index contributed by atoms with van der Waals surface area (Å²) in [6.45, 7) is 5.92. The molecule has 0 amide bonds. The van der Waals surface area contributed by atoms with Gasteiger partial charge in [0, 0.05) is 19.7 Å². The number of nitrogens with one attached hydrogen (secondary N) is 2. The van der Waals surface area contributed by atoms with Crippen molar-refractivity contribution in [3.8, 4) is 5.75 Å². The van der Waals surface area contributed by atoms with Crippen LogP contribution in [-0.4, -0.2) is 44.9 Å². The molecule has 2 N–H and O–H groups in total. The summed E-state index contributed by atoms with van der Waals surface area (Å²) >= 11 is 0. The minimum Gasteiger partial charge on any atom is -0.494 e. The van der Waals surface area contributed by atoms with Crippen molar-refractivity contribution >= 4 is 5.96 Å². The van der Waals surface area contributed by atoms with Gasteiger partial charge in [-0.15, -0.1) is 0 Å². The van der Waals surface area contributed by atoms with Gasteiger partial charge in [0.1, 0.15) is 11.6 Å². The molecule has 1 aromatic carbocycles. The molecule has 0 aromatic heterocycles. The van der Waals surface area contributed by atoms with Crippen molar-refractivity contribution in [1.82, 2.24) is 10.6 Å². The molecule has 1 aliphatic heterocycles. The average Bonchev–Trinajstić information content (AvgIpc) is 3.11. The molecule has 0 spiro atoms. The molecule has 1 fully saturated rings. The van der Waals surface area contributed by atoms with E-state index in [0.29, 0.717) is 18.9 Å². The van der Waals surface area contributed by atoms with Crippen molar-refractivity contribution in [3.63, 3.8) is 0 Å². The van der Waals surface area contributed by atoms with Gasteiger partial charge < -0.3 is 20.1 Å². The molecule has 1 atom stereocenters. The molecule has 2 rings (SSSR count). The van der Waals surface area contributed by atoms with Crippen LogP contribution in [0.5, 0.6) is 5.75 Å². The van der Waals surface area contributed by atoms with E-state index in [0.717, 1.165) is 51.3 Å². The van der Waals surface area contributed by atoms with Crippen LogP contribution in [0.2, 0.25) is 0 Å². The SMILES string of the molecule is CCNC(=NCC1CCCO1)NCCCCOc1ccc(F)cc1. The van der Waals surface area contributed by atoms with Crippen LogP contribution in [0.25, 0.3) is 0 Å². The molecule has 1 aliphatic rings. The molecule has 0 aliphatic carbocycles. The van der Waals surface area contributed by atoms with Gasteiger partial charge >= 0.3 is 0 Å². The second-order valence-corrected chi connectivity index (χ2v) is 5.79. The molecule has 24 heavy (non-hydrogen) atoms. The summed E-state index contributed by atoms with van der Waals surface area (Å²) < 4.78 is 23.9. The summed E-state index contributed by atoms with van der Waals surface area (Å²) in [4.78, 5) is 4.57. The van der Waals surface area contributed by atoms with Crippen LogP contribution >= 0.6 is 0 Å². The predicted octanol–water partition coefficient (Wildman–Crippen LogP) is 2.72. The number of rotatable bonds is 9. The van der Waals surface area contributed by atoms with Crippen LogP contribution in [-0.2, 0) is 4.74 Å². The first-order valence-electron chi connectivity index (χ1n) is 8.80. The van der Waals surface area contributed by atoms with Gasteiger partial charge in [0.05, 0.1) is 19.3 Å². The largest absolute Gasteiger partial charge is 0.494 e. The molecule has 0 bridgehead atoms. The highest BCUT2D eigenvalue weighted by atomic mass is 19.1. The van der Waals surface area contributed by atoms with Crippen molar-refractivity contribution in [2.45, 2.75) is 38.7 Å². The molecule has 1 aromatic rings. The first-order valence-corrected chi connectivity index (χ1v) is 8.80. The molecule has 6 heteroatoms. The lowest BCUT2D eigenvalue weighted by atomic mass is 10.2. The molecule has 0 radical (unpaired) electrons. The first kappa shape index (κ1) is 18.5.